The van der Waals surface area contributed by atoms with Crippen molar-refractivity contribution < 1.29 is 9.18 Å². The van der Waals surface area contributed by atoms with Crippen molar-refractivity contribution in [2.75, 3.05) is 18.4 Å². The van der Waals surface area contributed by atoms with Gasteiger partial charge in [-0.05, 0) is 18.2 Å². The highest BCUT2D eigenvalue weighted by atomic mass is 35.5. The summed E-state index contributed by atoms with van der Waals surface area (Å²) in [4.78, 5) is 21.1. The van der Waals surface area contributed by atoms with E-state index in [1.54, 1.807) is 35.7 Å². The first kappa shape index (κ1) is 18.2. The van der Waals surface area contributed by atoms with Crippen LogP contribution in [0.4, 0.5) is 10.1 Å². The summed E-state index contributed by atoms with van der Waals surface area (Å²) in [5, 5.41) is 7.89. The van der Waals surface area contributed by atoms with Gasteiger partial charge in [-0.3, -0.25) is 15.1 Å². The second-order valence-electron chi connectivity index (χ2n) is 6.54. The standard InChI is InChI=1S/C17H19ClFN7O/c18-14-11(2-1-4-22-14)10-3-5-21-7-12(10)24-17(27)13-15(20)25-26-8-9(19)6-23-16(13)26/h1-5,7,9,13,15-16,23,25H,6,8,20H2,(H,24,27). The third-order valence-electron chi connectivity index (χ3n) is 4.75. The predicted octanol–water partition coefficient (Wildman–Crippen LogP) is 0.724. The van der Waals surface area contributed by atoms with Crippen LogP contribution in [0.3, 0.4) is 0 Å². The number of carbonyl (C=O) groups is 1. The zero-order valence-corrected chi connectivity index (χ0v) is 15.0. The number of fused-ring (bicyclic) bond motifs is 1. The van der Waals surface area contributed by atoms with Crippen LogP contribution < -0.4 is 21.8 Å². The van der Waals surface area contributed by atoms with Crippen molar-refractivity contribution >= 4 is 23.2 Å². The maximum atomic E-state index is 13.6. The lowest BCUT2D eigenvalue weighted by Gasteiger charge is -2.33. The lowest BCUT2D eigenvalue weighted by atomic mass is 10.0. The highest BCUT2D eigenvalue weighted by Gasteiger charge is 2.47. The molecule has 0 spiro atoms. The molecule has 4 rings (SSSR count). The summed E-state index contributed by atoms with van der Waals surface area (Å²) in [5.74, 6) is -0.892. The van der Waals surface area contributed by atoms with Crippen molar-refractivity contribution in [1.82, 2.24) is 25.7 Å². The number of halogens is 2. The number of hydrogen-bond donors (Lipinski definition) is 4. The molecule has 0 bridgehead atoms. The Labute approximate surface area is 160 Å². The Hall–Kier alpha value is -2.17. The quantitative estimate of drug-likeness (QED) is 0.571. The zero-order chi connectivity index (χ0) is 19.0. The molecular weight excluding hydrogens is 373 g/mol. The number of nitrogens with two attached hydrogens (primary N) is 1. The molecule has 2 aliphatic rings. The topological polar surface area (TPSA) is 108 Å². The molecule has 5 N–H and O–H groups in total. The molecule has 0 aromatic carbocycles. The van der Waals surface area contributed by atoms with Crippen molar-refractivity contribution in [2.24, 2.45) is 11.7 Å². The van der Waals surface area contributed by atoms with Gasteiger partial charge in [0.15, 0.2) is 0 Å². The van der Waals surface area contributed by atoms with Crippen molar-refractivity contribution in [2.45, 2.75) is 18.5 Å². The number of carbonyl (C=O) groups excluding carboxylic acids is 1. The fourth-order valence-corrected chi connectivity index (χ4v) is 3.73. The maximum absolute atomic E-state index is 13.6. The van der Waals surface area contributed by atoms with E-state index in [0.29, 0.717) is 22.0 Å². The first-order chi connectivity index (χ1) is 13.0. The van der Waals surface area contributed by atoms with Crippen molar-refractivity contribution in [1.29, 1.82) is 0 Å². The molecule has 4 unspecified atom stereocenters. The minimum Gasteiger partial charge on any atom is -0.324 e. The second-order valence-corrected chi connectivity index (χ2v) is 6.89. The molecule has 0 saturated carbocycles. The Kier molecular flexibility index (Phi) is 5.02. The highest BCUT2D eigenvalue weighted by Crippen LogP contribution is 2.32. The van der Waals surface area contributed by atoms with Gasteiger partial charge in [0.2, 0.25) is 5.91 Å². The van der Waals surface area contributed by atoms with Gasteiger partial charge in [-0.15, -0.1) is 0 Å². The highest BCUT2D eigenvalue weighted by molar-refractivity contribution is 6.32. The van der Waals surface area contributed by atoms with Gasteiger partial charge < -0.3 is 11.1 Å². The molecule has 0 aliphatic carbocycles. The number of amides is 1. The van der Waals surface area contributed by atoms with Crippen LogP contribution in [-0.2, 0) is 4.79 Å². The third kappa shape index (κ3) is 3.52. The normalized spacial score (nSPS) is 28.0. The van der Waals surface area contributed by atoms with Gasteiger partial charge >= 0.3 is 0 Å². The third-order valence-corrected chi connectivity index (χ3v) is 5.05. The number of rotatable bonds is 3. The molecule has 2 saturated heterocycles. The van der Waals surface area contributed by atoms with Crippen LogP contribution in [0, 0.1) is 5.92 Å². The molecule has 4 heterocycles. The molecule has 2 aromatic heterocycles. The van der Waals surface area contributed by atoms with Crippen LogP contribution in [-0.4, -0.2) is 52.5 Å². The maximum Gasteiger partial charge on any atom is 0.233 e. The monoisotopic (exact) mass is 391 g/mol. The number of nitrogens with zero attached hydrogens (tertiary/aromatic N) is 3. The fourth-order valence-electron chi connectivity index (χ4n) is 3.51. The largest absolute Gasteiger partial charge is 0.324 e. The molecule has 0 radical (unpaired) electrons. The Morgan fingerprint density at radius 3 is 3.04 bits per heavy atom. The molecular formula is C17H19ClFN7O. The molecule has 2 aromatic rings. The molecule has 2 fully saturated rings. The molecule has 27 heavy (non-hydrogen) atoms. The molecule has 1 amide bonds. The van der Waals surface area contributed by atoms with Gasteiger partial charge in [0.05, 0.1) is 30.1 Å². The number of nitrogens with one attached hydrogen (secondary N) is 3. The van der Waals surface area contributed by atoms with Crippen molar-refractivity contribution in [3.05, 3.63) is 41.9 Å². The summed E-state index contributed by atoms with van der Waals surface area (Å²) in [6, 6.07) is 5.33. The summed E-state index contributed by atoms with van der Waals surface area (Å²) < 4.78 is 13.6. The minimum atomic E-state index is -1.01. The number of anilines is 1. The summed E-state index contributed by atoms with van der Waals surface area (Å²) in [7, 11) is 0. The van der Waals surface area contributed by atoms with Crippen LogP contribution in [0.1, 0.15) is 0 Å². The lowest BCUT2D eigenvalue weighted by molar-refractivity contribution is -0.121. The molecule has 2 aliphatic heterocycles. The van der Waals surface area contributed by atoms with E-state index >= 15 is 0 Å². The Balaban J connectivity index is 1.58. The molecule has 4 atom stereocenters. The number of pyridine rings is 2. The van der Waals surface area contributed by atoms with Crippen LogP contribution >= 0.6 is 11.6 Å². The zero-order valence-electron chi connectivity index (χ0n) is 14.3. The number of hydrazine groups is 1. The van der Waals surface area contributed by atoms with Gasteiger partial charge in [-0.1, -0.05) is 11.6 Å². The van der Waals surface area contributed by atoms with Crippen LogP contribution in [0.15, 0.2) is 36.8 Å². The van der Waals surface area contributed by atoms with E-state index in [-0.39, 0.29) is 25.2 Å². The average molecular weight is 392 g/mol. The van der Waals surface area contributed by atoms with Crippen LogP contribution in [0.5, 0.6) is 0 Å². The minimum absolute atomic E-state index is 0.179. The van der Waals surface area contributed by atoms with Gasteiger partial charge in [0.1, 0.15) is 11.3 Å². The smallest absolute Gasteiger partial charge is 0.233 e. The van der Waals surface area contributed by atoms with E-state index < -0.39 is 18.3 Å². The van der Waals surface area contributed by atoms with E-state index in [2.05, 4.69) is 26.0 Å². The Morgan fingerprint density at radius 1 is 1.37 bits per heavy atom. The molecule has 10 heteroatoms. The van der Waals surface area contributed by atoms with E-state index in [9.17, 15) is 9.18 Å². The van der Waals surface area contributed by atoms with Crippen LogP contribution in [0.2, 0.25) is 5.15 Å². The van der Waals surface area contributed by atoms with Gasteiger partial charge in [0.25, 0.3) is 0 Å². The van der Waals surface area contributed by atoms with E-state index in [4.69, 9.17) is 17.3 Å². The molecule has 8 nitrogen and oxygen atoms in total. The van der Waals surface area contributed by atoms with Crippen LogP contribution in [0.25, 0.3) is 11.1 Å². The van der Waals surface area contributed by atoms with E-state index in [1.807, 2.05) is 6.07 Å². The number of alkyl halides is 1. The summed E-state index contributed by atoms with van der Waals surface area (Å²) in [6.45, 7) is 0.362. The Bertz CT molecular complexity index is 854. The fraction of sp³-hybridized carbons (Fsp3) is 0.353. The van der Waals surface area contributed by atoms with Crippen molar-refractivity contribution in [3.63, 3.8) is 0 Å². The summed E-state index contributed by atoms with van der Waals surface area (Å²) in [5.41, 5.74) is 10.9. The number of aromatic nitrogens is 2. The second kappa shape index (κ2) is 7.45. The van der Waals surface area contributed by atoms with Crippen molar-refractivity contribution in [3.8, 4) is 11.1 Å². The lowest BCUT2D eigenvalue weighted by Crippen LogP contribution is -2.58. The first-order valence-electron chi connectivity index (χ1n) is 8.56. The first-order valence-corrected chi connectivity index (χ1v) is 8.94. The van der Waals surface area contributed by atoms with E-state index in [0.717, 1.165) is 0 Å². The van der Waals surface area contributed by atoms with E-state index in [1.165, 1.54) is 0 Å². The molecule has 142 valence electrons. The Morgan fingerprint density at radius 2 is 2.22 bits per heavy atom. The van der Waals surface area contributed by atoms with Gasteiger partial charge in [-0.2, -0.15) is 0 Å². The van der Waals surface area contributed by atoms with Gasteiger partial charge in [0, 0.05) is 36.6 Å². The van der Waals surface area contributed by atoms with Gasteiger partial charge in [-0.25, -0.2) is 19.8 Å². The summed E-state index contributed by atoms with van der Waals surface area (Å²) in [6.07, 6.45) is 2.73. The average Bonchev–Trinajstić information content (AvgIpc) is 2.97. The summed E-state index contributed by atoms with van der Waals surface area (Å²) >= 11 is 6.20. The predicted molar refractivity (Wildman–Crippen MR) is 99.1 cm³/mol. The number of hydrogen-bond acceptors (Lipinski definition) is 7. The SMILES string of the molecule is NC1NN2CC(F)CNC2C1C(=O)Nc1cnccc1-c1cccnc1Cl.